The SMILES string of the molecule is CC1c2ncc(C(=O)Nc3ccc(C4C(=O)N(C)CCN4C)cc3)n2CCN1C(=O)C1C[C@@]12C(=O)Nc1ccccc12. The average Bonchev–Trinajstić information content (AvgIpc) is 3.48. The van der Waals surface area contributed by atoms with Crippen LogP contribution >= 0.6 is 0 Å². The zero-order chi connectivity index (χ0) is 29.3. The zero-order valence-electron chi connectivity index (χ0n) is 23.8. The third-order valence-electron chi connectivity index (χ3n) is 9.45. The number of nitrogens with zero attached hydrogens (tertiary/aromatic N) is 5. The maximum atomic E-state index is 13.7. The molecule has 3 aromatic rings. The summed E-state index contributed by atoms with van der Waals surface area (Å²) in [5.74, 6) is -0.155. The molecule has 4 amide bonds. The summed E-state index contributed by atoms with van der Waals surface area (Å²) in [6.45, 7) is 4.26. The van der Waals surface area contributed by atoms with E-state index in [1.165, 1.54) is 0 Å². The third-order valence-corrected chi connectivity index (χ3v) is 9.45. The van der Waals surface area contributed by atoms with Gasteiger partial charge in [0.25, 0.3) is 5.91 Å². The van der Waals surface area contributed by atoms with Gasteiger partial charge in [0.05, 0.1) is 23.6 Å². The van der Waals surface area contributed by atoms with Crippen LogP contribution in [0.5, 0.6) is 0 Å². The fourth-order valence-electron chi connectivity index (χ4n) is 6.91. The number of amides is 4. The van der Waals surface area contributed by atoms with Crippen LogP contribution in [0.3, 0.4) is 0 Å². The van der Waals surface area contributed by atoms with Crippen molar-refractivity contribution in [2.24, 2.45) is 5.92 Å². The molecule has 4 heterocycles. The first-order valence-electron chi connectivity index (χ1n) is 14.3. The Hall–Kier alpha value is -4.51. The summed E-state index contributed by atoms with van der Waals surface area (Å²) in [7, 11) is 3.76. The highest BCUT2D eigenvalue weighted by Crippen LogP contribution is 2.60. The number of piperazine rings is 1. The van der Waals surface area contributed by atoms with Gasteiger partial charge in [0, 0.05) is 44.6 Å². The fourth-order valence-corrected chi connectivity index (χ4v) is 6.91. The Labute approximate surface area is 243 Å². The molecule has 216 valence electrons. The third kappa shape index (κ3) is 3.87. The number of nitrogens with one attached hydrogen (secondary N) is 2. The molecule has 1 spiro atoms. The highest BCUT2D eigenvalue weighted by Gasteiger charge is 2.68. The molecule has 2 N–H and O–H groups in total. The molecular weight excluding hydrogens is 534 g/mol. The fraction of sp³-hybridized carbons (Fsp3) is 0.387. The van der Waals surface area contributed by atoms with Crippen LogP contribution < -0.4 is 10.6 Å². The van der Waals surface area contributed by atoms with Crippen molar-refractivity contribution >= 4 is 35.0 Å². The van der Waals surface area contributed by atoms with Gasteiger partial charge in [0.2, 0.25) is 17.7 Å². The minimum atomic E-state index is -0.781. The number of imidazole rings is 1. The van der Waals surface area contributed by atoms with E-state index in [0.29, 0.717) is 43.3 Å². The summed E-state index contributed by atoms with van der Waals surface area (Å²) < 4.78 is 1.86. The Balaban J connectivity index is 1.04. The normalized spacial score (nSPS) is 26.6. The molecule has 2 aromatic carbocycles. The van der Waals surface area contributed by atoms with Crippen molar-refractivity contribution in [3.05, 3.63) is 77.4 Å². The maximum absolute atomic E-state index is 13.7. The lowest BCUT2D eigenvalue weighted by Gasteiger charge is -2.37. The molecule has 1 saturated carbocycles. The molecule has 7 rings (SSSR count). The van der Waals surface area contributed by atoms with Gasteiger partial charge in [-0.1, -0.05) is 30.3 Å². The van der Waals surface area contributed by atoms with E-state index in [-0.39, 0.29) is 35.7 Å². The molecule has 3 unspecified atom stereocenters. The Morgan fingerprint density at radius 1 is 1.00 bits per heavy atom. The predicted octanol–water partition coefficient (Wildman–Crippen LogP) is 2.39. The summed E-state index contributed by atoms with van der Waals surface area (Å²) in [5.41, 5.74) is 2.82. The molecule has 2 fully saturated rings. The number of anilines is 2. The number of hydrogen-bond donors (Lipinski definition) is 2. The number of carbonyl (C=O) groups is 4. The topological polar surface area (TPSA) is 120 Å². The van der Waals surface area contributed by atoms with Crippen molar-refractivity contribution in [2.75, 3.05) is 44.4 Å². The van der Waals surface area contributed by atoms with Gasteiger partial charge in [-0.05, 0) is 49.7 Å². The van der Waals surface area contributed by atoms with E-state index >= 15 is 0 Å². The van der Waals surface area contributed by atoms with Crippen LogP contribution in [0.1, 0.15) is 52.9 Å². The summed E-state index contributed by atoms with van der Waals surface area (Å²) >= 11 is 0. The number of aromatic nitrogens is 2. The van der Waals surface area contributed by atoms with Crippen LogP contribution in [-0.2, 0) is 26.3 Å². The summed E-state index contributed by atoms with van der Waals surface area (Å²) in [6, 6.07) is 14.3. The minimum Gasteiger partial charge on any atom is -0.343 e. The summed E-state index contributed by atoms with van der Waals surface area (Å²) in [5, 5.41) is 5.88. The number of likely N-dealkylation sites (N-methyl/N-ethyl adjacent to an activating group) is 2. The van der Waals surface area contributed by atoms with Gasteiger partial charge < -0.3 is 25.0 Å². The second-order valence-electron chi connectivity index (χ2n) is 11.8. The van der Waals surface area contributed by atoms with Crippen molar-refractivity contribution in [3.8, 4) is 0 Å². The quantitative estimate of drug-likeness (QED) is 0.500. The van der Waals surface area contributed by atoms with Gasteiger partial charge in [-0.2, -0.15) is 0 Å². The standard InChI is InChI=1S/C31H33N7O4/c1-18-26-32-17-24(27(39)33-20-10-8-19(9-11-20)25-29(41)36(3)13-12-35(25)2)38(26)15-14-37(18)28(40)22-16-31(22)21-6-4-5-7-23(21)34-30(31)42/h4-11,17-18,22,25H,12-16H2,1-3H3,(H,33,39)(H,34,42)/t18?,22?,25?,31-/m0/s1. The van der Waals surface area contributed by atoms with Crippen molar-refractivity contribution < 1.29 is 19.2 Å². The highest BCUT2D eigenvalue weighted by molar-refractivity contribution is 6.12. The Bertz CT molecular complexity index is 1630. The number of rotatable bonds is 4. The van der Waals surface area contributed by atoms with Crippen LogP contribution in [0, 0.1) is 5.92 Å². The molecule has 1 aromatic heterocycles. The van der Waals surface area contributed by atoms with Crippen LogP contribution in [0.2, 0.25) is 0 Å². The Morgan fingerprint density at radius 2 is 1.76 bits per heavy atom. The first-order chi connectivity index (χ1) is 20.2. The summed E-state index contributed by atoms with van der Waals surface area (Å²) in [4.78, 5) is 62.7. The van der Waals surface area contributed by atoms with Crippen molar-refractivity contribution in [1.82, 2.24) is 24.3 Å². The van der Waals surface area contributed by atoms with Crippen molar-refractivity contribution in [1.29, 1.82) is 0 Å². The van der Waals surface area contributed by atoms with E-state index in [2.05, 4.69) is 15.6 Å². The predicted molar refractivity (Wildman–Crippen MR) is 155 cm³/mol. The lowest BCUT2D eigenvalue weighted by Crippen LogP contribution is -2.48. The van der Waals surface area contributed by atoms with Crippen molar-refractivity contribution in [2.45, 2.75) is 37.4 Å². The Morgan fingerprint density at radius 3 is 2.55 bits per heavy atom. The number of para-hydroxylation sites is 1. The van der Waals surface area contributed by atoms with Crippen LogP contribution in [0.25, 0.3) is 0 Å². The van der Waals surface area contributed by atoms with E-state index in [4.69, 9.17) is 0 Å². The molecule has 42 heavy (non-hydrogen) atoms. The van der Waals surface area contributed by atoms with Gasteiger partial charge in [-0.25, -0.2) is 4.98 Å². The number of hydrogen-bond acceptors (Lipinski definition) is 6. The van der Waals surface area contributed by atoms with E-state index in [0.717, 1.165) is 23.4 Å². The number of carbonyl (C=O) groups excluding carboxylic acids is 4. The largest absolute Gasteiger partial charge is 0.343 e. The van der Waals surface area contributed by atoms with Crippen LogP contribution in [-0.4, -0.2) is 81.6 Å². The van der Waals surface area contributed by atoms with Gasteiger partial charge in [-0.3, -0.25) is 24.1 Å². The molecule has 1 saturated heterocycles. The number of fused-ring (bicyclic) bond motifs is 3. The summed E-state index contributed by atoms with van der Waals surface area (Å²) in [6.07, 6.45) is 2.05. The van der Waals surface area contributed by atoms with Gasteiger partial charge in [-0.15, -0.1) is 0 Å². The lowest BCUT2D eigenvalue weighted by molar-refractivity contribution is -0.139. The monoisotopic (exact) mass is 567 g/mol. The molecule has 0 bridgehead atoms. The molecule has 4 atom stereocenters. The van der Waals surface area contributed by atoms with Gasteiger partial charge in [0.15, 0.2) is 0 Å². The molecular formula is C31H33N7O4. The van der Waals surface area contributed by atoms with Crippen molar-refractivity contribution in [3.63, 3.8) is 0 Å². The van der Waals surface area contributed by atoms with E-state index < -0.39 is 11.3 Å². The van der Waals surface area contributed by atoms with E-state index in [1.54, 1.807) is 16.0 Å². The second-order valence-corrected chi connectivity index (χ2v) is 11.8. The second kappa shape index (κ2) is 9.52. The first kappa shape index (κ1) is 26.4. The van der Waals surface area contributed by atoms with Crippen LogP contribution in [0.15, 0.2) is 54.7 Å². The molecule has 0 radical (unpaired) electrons. The Kier molecular flexibility index (Phi) is 5.98. The van der Waals surface area contributed by atoms with E-state index in [9.17, 15) is 19.2 Å². The van der Waals surface area contributed by atoms with Gasteiger partial charge >= 0.3 is 0 Å². The molecule has 3 aliphatic heterocycles. The van der Waals surface area contributed by atoms with E-state index in [1.807, 2.05) is 79.0 Å². The molecule has 4 aliphatic rings. The smallest absolute Gasteiger partial charge is 0.273 e. The maximum Gasteiger partial charge on any atom is 0.273 e. The average molecular weight is 568 g/mol. The lowest BCUT2D eigenvalue weighted by atomic mass is 9.94. The highest BCUT2D eigenvalue weighted by atomic mass is 16.2. The first-order valence-corrected chi connectivity index (χ1v) is 14.3. The van der Waals surface area contributed by atoms with Crippen LogP contribution in [0.4, 0.5) is 11.4 Å². The number of benzene rings is 2. The minimum absolute atomic E-state index is 0.0528. The molecule has 1 aliphatic carbocycles. The molecule has 11 nitrogen and oxygen atoms in total. The zero-order valence-corrected chi connectivity index (χ0v) is 23.8. The van der Waals surface area contributed by atoms with Gasteiger partial charge in [0.1, 0.15) is 17.6 Å². The molecule has 11 heteroatoms.